The van der Waals surface area contributed by atoms with Gasteiger partial charge in [-0.25, -0.2) is 18.7 Å². The van der Waals surface area contributed by atoms with Gasteiger partial charge in [-0.3, -0.25) is 0 Å². The molecule has 1 saturated heterocycles. The van der Waals surface area contributed by atoms with Crippen LogP contribution in [0.4, 0.5) is 14.7 Å². The summed E-state index contributed by atoms with van der Waals surface area (Å²) in [6.07, 6.45) is 6.29. The minimum atomic E-state index is -0.727. The second kappa shape index (κ2) is 10.3. The summed E-state index contributed by atoms with van der Waals surface area (Å²) in [6.45, 7) is 3.88. The summed E-state index contributed by atoms with van der Waals surface area (Å²) in [4.78, 5) is 12.4. The van der Waals surface area contributed by atoms with Gasteiger partial charge in [-0.15, -0.1) is 10.2 Å². The molecule has 2 aromatic carbocycles. The largest absolute Gasteiger partial charge is 0.487 e. The summed E-state index contributed by atoms with van der Waals surface area (Å²) in [5.74, 6) is -0.434. The molecule has 36 heavy (non-hydrogen) atoms. The van der Waals surface area contributed by atoms with Crippen molar-refractivity contribution in [1.82, 2.24) is 30.2 Å². The average molecular weight is 492 g/mol. The van der Waals surface area contributed by atoms with Crippen molar-refractivity contribution >= 4 is 5.95 Å². The maximum absolute atomic E-state index is 14.9. The fraction of sp³-hybridized carbons (Fsp3) is 0.346. The lowest BCUT2D eigenvalue weighted by Crippen LogP contribution is -2.36. The molecule has 1 fully saturated rings. The molecule has 1 aliphatic rings. The Kier molecular flexibility index (Phi) is 6.84. The van der Waals surface area contributed by atoms with E-state index in [1.165, 1.54) is 16.9 Å². The number of halogens is 2. The van der Waals surface area contributed by atoms with Gasteiger partial charge in [0.2, 0.25) is 11.8 Å². The second-order valence-corrected chi connectivity index (χ2v) is 8.94. The molecule has 10 heteroatoms. The Morgan fingerprint density at radius 2 is 1.67 bits per heavy atom. The summed E-state index contributed by atoms with van der Waals surface area (Å²) in [6, 6.07) is 9.75. The number of aromatic nitrogens is 6. The lowest BCUT2D eigenvalue weighted by atomic mass is 9.98. The maximum atomic E-state index is 14.9. The van der Waals surface area contributed by atoms with E-state index in [1.54, 1.807) is 25.2 Å². The van der Waals surface area contributed by atoms with Crippen LogP contribution in [0.5, 0.6) is 5.75 Å². The molecule has 0 unspecified atom stereocenters. The molecule has 0 spiro atoms. The number of anilines is 1. The van der Waals surface area contributed by atoms with Gasteiger partial charge < -0.3 is 9.64 Å². The van der Waals surface area contributed by atoms with E-state index in [0.717, 1.165) is 43.9 Å². The highest BCUT2D eigenvalue weighted by atomic mass is 19.1. The Hall–Kier alpha value is -3.95. The molecular formula is C26H27F2N7O. The third-order valence-electron chi connectivity index (χ3n) is 6.42. The number of aryl methyl sites for hydroxylation is 2. The molecular weight excluding hydrogens is 464 g/mol. The first-order chi connectivity index (χ1) is 17.5. The number of piperidine rings is 1. The molecule has 0 aliphatic carbocycles. The predicted molar refractivity (Wildman–Crippen MR) is 131 cm³/mol. The molecule has 8 nitrogen and oxygen atoms in total. The van der Waals surface area contributed by atoms with Gasteiger partial charge in [-0.1, -0.05) is 25.1 Å². The Bertz CT molecular complexity index is 1310. The standard InChI is InChI=1S/C26H27F2N7O/c1-3-17-14-29-26(30-15-17)35-9-7-18(8-10-35)16-36-24-22(27)12-21(13-23(24)28)19-5-4-6-20(11-19)25-31-33-34(2)32-25/h4-6,11-15,18H,3,7-10,16H2,1-2H3. The van der Waals surface area contributed by atoms with Gasteiger partial charge in [0.25, 0.3) is 0 Å². The Labute approximate surface area is 208 Å². The maximum Gasteiger partial charge on any atom is 0.225 e. The van der Waals surface area contributed by atoms with Gasteiger partial charge in [-0.2, -0.15) is 4.80 Å². The third kappa shape index (κ3) is 5.17. The normalized spacial score (nSPS) is 14.3. The van der Waals surface area contributed by atoms with Crippen LogP contribution >= 0.6 is 0 Å². The van der Waals surface area contributed by atoms with E-state index in [1.807, 2.05) is 18.5 Å². The van der Waals surface area contributed by atoms with Crippen molar-refractivity contribution in [3.63, 3.8) is 0 Å². The summed E-state index contributed by atoms with van der Waals surface area (Å²) in [5.41, 5.74) is 2.86. The summed E-state index contributed by atoms with van der Waals surface area (Å²) in [7, 11) is 1.67. The molecule has 0 amide bonds. The monoisotopic (exact) mass is 491 g/mol. The first-order valence-corrected chi connectivity index (χ1v) is 12.0. The Balaban J connectivity index is 1.22. The van der Waals surface area contributed by atoms with Crippen molar-refractivity contribution < 1.29 is 13.5 Å². The van der Waals surface area contributed by atoms with Crippen molar-refractivity contribution in [2.75, 3.05) is 24.6 Å². The van der Waals surface area contributed by atoms with Gasteiger partial charge in [0, 0.05) is 31.0 Å². The van der Waals surface area contributed by atoms with Crippen molar-refractivity contribution in [2.45, 2.75) is 26.2 Å². The van der Waals surface area contributed by atoms with E-state index in [-0.39, 0.29) is 18.3 Å². The lowest BCUT2D eigenvalue weighted by Gasteiger charge is -2.31. The van der Waals surface area contributed by atoms with E-state index in [4.69, 9.17) is 4.74 Å². The highest BCUT2D eigenvalue weighted by molar-refractivity contribution is 5.70. The molecule has 0 saturated carbocycles. The minimum absolute atomic E-state index is 0.200. The van der Waals surface area contributed by atoms with Crippen molar-refractivity contribution in [3.8, 4) is 28.3 Å². The lowest BCUT2D eigenvalue weighted by molar-refractivity contribution is 0.207. The third-order valence-corrected chi connectivity index (χ3v) is 6.42. The second-order valence-electron chi connectivity index (χ2n) is 8.94. The van der Waals surface area contributed by atoms with E-state index in [2.05, 4.69) is 37.2 Å². The SMILES string of the molecule is CCc1cnc(N2CCC(COc3c(F)cc(-c4cccc(-c5nnn(C)n5)c4)cc3F)CC2)nc1. The predicted octanol–water partition coefficient (Wildman–Crippen LogP) is 4.47. The van der Waals surface area contributed by atoms with Crippen LogP contribution in [0.2, 0.25) is 0 Å². The zero-order valence-electron chi connectivity index (χ0n) is 20.2. The minimum Gasteiger partial charge on any atom is -0.487 e. The molecule has 186 valence electrons. The van der Waals surface area contributed by atoms with Crippen LogP contribution in [0.1, 0.15) is 25.3 Å². The summed E-state index contributed by atoms with van der Waals surface area (Å²) in [5, 5.41) is 12.0. The number of tetrazole rings is 1. The number of nitrogens with zero attached hydrogens (tertiary/aromatic N) is 7. The van der Waals surface area contributed by atoms with Crippen molar-refractivity contribution in [3.05, 3.63) is 66.0 Å². The van der Waals surface area contributed by atoms with Crippen LogP contribution in [0.25, 0.3) is 22.5 Å². The highest BCUT2D eigenvalue weighted by Gasteiger charge is 2.23. The summed E-state index contributed by atoms with van der Waals surface area (Å²) >= 11 is 0. The highest BCUT2D eigenvalue weighted by Crippen LogP contribution is 2.31. The first kappa shape index (κ1) is 23.8. The van der Waals surface area contributed by atoms with Crippen LogP contribution in [-0.2, 0) is 13.5 Å². The quantitative estimate of drug-likeness (QED) is 0.377. The number of hydrogen-bond acceptors (Lipinski definition) is 7. The van der Waals surface area contributed by atoms with Crippen LogP contribution in [0, 0.1) is 17.6 Å². The summed E-state index contributed by atoms with van der Waals surface area (Å²) < 4.78 is 35.4. The molecule has 0 bridgehead atoms. The van der Waals surface area contributed by atoms with Crippen molar-refractivity contribution in [1.29, 1.82) is 0 Å². The molecule has 1 aliphatic heterocycles. The number of hydrogen-bond donors (Lipinski definition) is 0. The van der Waals surface area contributed by atoms with Gasteiger partial charge in [0.1, 0.15) is 0 Å². The van der Waals surface area contributed by atoms with E-state index < -0.39 is 11.6 Å². The van der Waals surface area contributed by atoms with Crippen LogP contribution < -0.4 is 9.64 Å². The van der Waals surface area contributed by atoms with E-state index >= 15 is 0 Å². The topological polar surface area (TPSA) is 81.9 Å². The fourth-order valence-corrected chi connectivity index (χ4v) is 4.30. The van der Waals surface area contributed by atoms with Gasteiger partial charge >= 0.3 is 0 Å². The molecule has 0 N–H and O–H groups in total. The van der Waals surface area contributed by atoms with Gasteiger partial charge in [0.15, 0.2) is 17.4 Å². The van der Waals surface area contributed by atoms with Gasteiger partial charge in [-0.05, 0) is 65.3 Å². The smallest absolute Gasteiger partial charge is 0.225 e. The molecule has 2 aromatic heterocycles. The Morgan fingerprint density at radius 1 is 0.972 bits per heavy atom. The molecule has 0 radical (unpaired) electrons. The first-order valence-electron chi connectivity index (χ1n) is 12.0. The van der Waals surface area contributed by atoms with E-state index in [0.29, 0.717) is 22.5 Å². The molecule has 5 rings (SSSR count). The molecule has 0 atom stereocenters. The zero-order valence-corrected chi connectivity index (χ0v) is 20.2. The number of ether oxygens (including phenoxy) is 1. The van der Waals surface area contributed by atoms with E-state index in [9.17, 15) is 8.78 Å². The van der Waals surface area contributed by atoms with Crippen molar-refractivity contribution in [2.24, 2.45) is 13.0 Å². The fourth-order valence-electron chi connectivity index (χ4n) is 4.30. The van der Waals surface area contributed by atoms with Crippen LogP contribution in [-0.4, -0.2) is 49.9 Å². The average Bonchev–Trinajstić information content (AvgIpc) is 3.35. The number of rotatable bonds is 7. The zero-order chi connectivity index (χ0) is 25.1. The number of benzene rings is 2. The molecule has 3 heterocycles. The molecule has 4 aromatic rings. The Morgan fingerprint density at radius 3 is 2.31 bits per heavy atom. The van der Waals surface area contributed by atoms with Crippen LogP contribution in [0.15, 0.2) is 48.8 Å². The van der Waals surface area contributed by atoms with Crippen LogP contribution in [0.3, 0.4) is 0 Å². The van der Waals surface area contributed by atoms with Gasteiger partial charge in [0.05, 0.1) is 13.7 Å².